The summed E-state index contributed by atoms with van der Waals surface area (Å²) in [6, 6.07) is 6.62. The average molecular weight is 365 g/mol. The Kier molecular flexibility index (Phi) is 5.18. The minimum absolute atomic E-state index is 0.135. The van der Waals surface area contributed by atoms with Gasteiger partial charge >= 0.3 is 0 Å². The first-order chi connectivity index (χ1) is 11.8. The number of sulfonamides is 1. The van der Waals surface area contributed by atoms with Crippen LogP contribution in [0.5, 0.6) is 0 Å². The zero-order valence-electron chi connectivity index (χ0n) is 14.8. The molecule has 3 rings (SSSR count). The van der Waals surface area contributed by atoms with Gasteiger partial charge in [0, 0.05) is 31.7 Å². The van der Waals surface area contributed by atoms with E-state index < -0.39 is 10.0 Å². The molecular weight excluding hydrogens is 338 g/mol. The largest absolute Gasteiger partial charge is 0.349 e. The number of hydrogen-bond acceptors (Lipinski definition) is 4. The molecule has 0 heterocycles. The number of rotatable bonds is 4. The zero-order valence-corrected chi connectivity index (χ0v) is 15.6. The van der Waals surface area contributed by atoms with Crippen molar-refractivity contribution >= 4 is 15.9 Å². The molecular formula is C18H27N3O3S. The molecule has 0 radical (unpaired) electrons. The summed E-state index contributed by atoms with van der Waals surface area (Å²) in [7, 11) is -0.590. The quantitative estimate of drug-likeness (QED) is 0.847. The number of amides is 1. The molecule has 1 amide bonds. The first-order valence-corrected chi connectivity index (χ1v) is 10.3. The normalized spacial score (nSPS) is 29.4. The molecule has 2 aliphatic carbocycles. The van der Waals surface area contributed by atoms with E-state index in [2.05, 4.69) is 5.32 Å². The van der Waals surface area contributed by atoms with Crippen LogP contribution >= 0.6 is 0 Å². The molecule has 1 aromatic carbocycles. The second-order valence-electron chi connectivity index (χ2n) is 7.50. The summed E-state index contributed by atoms with van der Waals surface area (Å²) in [4.78, 5) is 12.9. The van der Waals surface area contributed by atoms with Crippen LogP contribution in [0.25, 0.3) is 0 Å². The van der Waals surface area contributed by atoms with Crippen molar-refractivity contribution in [2.45, 2.75) is 49.1 Å². The average Bonchev–Trinajstić information content (AvgIpc) is 2.55. The van der Waals surface area contributed by atoms with E-state index in [-0.39, 0.29) is 22.9 Å². The Bertz CT molecular complexity index is 734. The van der Waals surface area contributed by atoms with Gasteiger partial charge in [-0.3, -0.25) is 4.79 Å². The van der Waals surface area contributed by atoms with Gasteiger partial charge in [0.15, 0.2) is 0 Å². The maximum atomic E-state index is 12.7. The van der Waals surface area contributed by atoms with Crippen molar-refractivity contribution in [3.63, 3.8) is 0 Å². The van der Waals surface area contributed by atoms with Crippen LogP contribution < -0.4 is 11.1 Å². The summed E-state index contributed by atoms with van der Waals surface area (Å²) in [5.74, 6) is 0.661. The molecule has 1 aromatic rings. The van der Waals surface area contributed by atoms with Crippen molar-refractivity contribution in [2.24, 2.45) is 17.6 Å². The number of carbonyl (C=O) groups is 1. The fourth-order valence-corrected chi connectivity index (χ4v) is 5.22. The van der Waals surface area contributed by atoms with Crippen LogP contribution in [0.2, 0.25) is 0 Å². The molecule has 2 unspecified atom stereocenters. The first kappa shape index (κ1) is 18.4. The Labute approximate surface area is 149 Å². The van der Waals surface area contributed by atoms with E-state index in [4.69, 9.17) is 5.73 Å². The van der Waals surface area contributed by atoms with E-state index in [1.165, 1.54) is 32.6 Å². The predicted molar refractivity (Wildman–Crippen MR) is 96.6 cm³/mol. The van der Waals surface area contributed by atoms with Crippen LogP contribution in [0.15, 0.2) is 29.2 Å². The number of nitrogens with two attached hydrogens (primary N) is 1. The second-order valence-corrected chi connectivity index (χ2v) is 9.65. The Morgan fingerprint density at radius 1 is 1.20 bits per heavy atom. The van der Waals surface area contributed by atoms with Crippen LogP contribution in [-0.4, -0.2) is 44.8 Å². The van der Waals surface area contributed by atoms with Crippen LogP contribution in [-0.2, 0) is 10.0 Å². The van der Waals surface area contributed by atoms with Gasteiger partial charge in [-0.25, -0.2) is 12.7 Å². The lowest BCUT2D eigenvalue weighted by atomic mass is 9.67. The molecule has 3 N–H and O–H groups in total. The number of carbonyl (C=O) groups excluding carboxylic acids is 1. The maximum Gasteiger partial charge on any atom is 0.251 e. The van der Waals surface area contributed by atoms with Gasteiger partial charge in [-0.05, 0) is 55.7 Å². The SMILES string of the molecule is CN(C)S(=O)(=O)c1cccc(C(=O)NC2C3CCCC2CC(N)C3)c1. The Balaban J connectivity index is 1.78. The predicted octanol–water partition coefficient (Wildman–Crippen LogP) is 1.57. The van der Waals surface area contributed by atoms with Crippen molar-refractivity contribution in [1.29, 1.82) is 0 Å². The van der Waals surface area contributed by atoms with Crippen molar-refractivity contribution in [2.75, 3.05) is 14.1 Å². The third-order valence-corrected chi connectivity index (χ3v) is 7.36. The standard InChI is InChI=1S/C18H27N3O3S/c1-21(2)25(23,24)16-8-4-7-14(11-16)18(22)20-17-12-5-3-6-13(17)10-15(19)9-12/h4,7-8,11-13,15,17H,3,5-6,9-10,19H2,1-2H3,(H,20,22). The fourth-order valence-electron chi connectivity index (χ4n) is 4.27. The van der Waals surface area contributed by atoms with Crippen LogP contribution in [0, 0.1) is 11.8 Å². The van der Waals surface area contributed by atoms with Crippen LogP contribution in [0.3, 0.4) is 0 Å². The van der Waals surface area contributed by atoms with Crippen molar-refractivity contribution < 1.29 is 13.2 Å². The van der Waals surface area contributed by atoms with Gasteiger partial charge in [-0.2, -0.15) is 0 Å². The van der Waals surface area contributed by atoms with E-state index in [0.717, 1.165) is 30.0 Å². The molecule has 0 aromatic heterocycles. The van der Waals surface area contributed by atoms with E-state index in [0.29, 0.717) is 17.4 Å². The van der Waals surface area contributed by atoms with Gasteiger partial charge in [-0.1, -0.05) is 12.5 Å². The van der Waals surface area contributed by atoms with E-state index in [1.54, 1.807) is 12.1 Å². The molecule has 0 spiro atoms. The van der Waals surface area contributed by atoms with Gasteiger partial charge < -0.3 is 11.1 Å². The Morgan fingerprint density at radius 2 is 1.84 bits per heavy atom. The van der Waals surface area contributed by atoms with E-state index in [1.807, 2.05) is 0 Å². The number of fused-ring (bicyclic) bond motifs is 2. The summed E-state index contributed by atoms with van der Waals surface area (Å²) in [5.41, 5.74) is 6.53. The molecule has 25 heavy (non-hydrogen) atoms. The molecule has 0 aliphatic heterocycles. The molecule has 0 saturated heterocycles. The van der Waals surface area contributed by atoms with Crippen molar-refractivity contribution in [3.05, 3.63) is 29.8 Å². The molecule has 2 bridgehead atoms. The summed E-state index contributed by atoms with van der Waals surface area (Å²) >= 11 is 0. The number of nitrogens with one attached hydrogen (secondary N) is 1. The van der Waals surface area contributed by atoms with Gasteiger partial charge in [0.25, 0.3) is 5.91 Å². The highest BCUT2D eigenvalue weighted by Gasteiger charge is 2.40. The third-order valence-electron chi connectivity index (χ3n) is 5.55. The minimum Gasteiger partial charge on any atom is -0.349 e. The second kappa shape index (κ2) is 7.05. The Hall–Kier alpha value is -1.44. The number of hydrogen-bond donors (Lipinski definition) is 2. The summed E-state index contributed by atoms with van der Waals surface area (Å²) < 4.78 is 25.7. The first-order valence-electron chi connectivity index (χ1n) is 8.88. The molecule has 2 saturated carbocycles. The number of nitrogens with zero attached hydrogens (tertiary/aromatic N) is 1. The lowest BCUT2D eigenvalue weighted by molar-refractivity contribution is 0.0756. The van der Waals surface area contributed by atoms with Crippen LogP contribution in [0.4, 0.5) is 0 Å². The van der Waals surface area contributed by atoms with E-state index in [9.17, 15) is 13.2 Å². The van der Waals surface area contributed by atoms with Gasteiger partial charge in [0.2, 0.25) is 10.0 Å². The highest BCUT2D eigenvalue weighted by atomic mass is 32.2. The molecule has 2 fully saturated rings. The highest BCUT2D eigenvalue weighted by molar-refractivity contribution is 7.89. The van der Waals surface area contributed by atoms with Crippen molar-refractivity contribution in [1.82, 2.24) is 9.62 Å². The monoisotopic (exact) mass is 365 g/mol. The maximum absolute atomic E-state index is 12.7. The third kappa shape index (κ3) is 3.73. The summed E-state index contributed by atoms with van der Waals surface area (Å²) in [6.45, 7) is 0. The van der Waals surface area contributed by atoms with E-state index >= 15 is 0 Å². The molecule has 7 heteroatoms. The molecule has 138 valence electrons. The lowest BCUT2D eigenvalue weighted by Gasteiger charge is -2.45. The highest BCUT2D eigenvalue weighted by Crippen LogP contribution is 2.39. The topological polar surface area (TPSA) is 92.5 Å². The lowest BCUT2D eigenvalue weighted by Crippen LogP contribution is -2.53. The van der Waals surface area contributed by atoms with Crippen molar-refractivity contribution in [3.8, 4) is 0 Å². The number of benzene rings is 1. The van der Waals surface area contributed by atoms with Crippen LogP contribution in [0.1, 0.15) is 42.5 Å². The zero-order chi connectivity index (χ0) is 18.2. The molecule has 2 atom stereocenters. The van der Waals surface area contributed by atoms with Gasteiger partial charge in [0.05, 0.1) is 4.90 Å². The Morgan fingerprint density at radius 3 is 2.44 bits per heavy atom. The fraction of sp³-hybridized carbons (Fsp3) is 0.611. The van der Waals surface area contributed by atoms with Gasteiger partial charge in [-0.15, -0.1) is 0 Å². The summed E-state index contributed by atoms with van der Waals surface area (Å²) in [6.07, 6.45) is 5.31. The molecule has 6 nitrogen and oxygen atoms in total. The molecule has 2 aliphatic rings. The summed E-state index contributed by atoms with van der Waals surface area (Å²) in [5, 5.41) is 3.16. The smallest absolute Gasteiger partial charge is 0.251 e. The minimum atomic E-state index is -3.55. The van der Waals surface area contributed by atoms with Gasteiger partial charge in [0.1, 0.15) is 0 Å².